The monoisotopic (exact) mass is 388 g/mol. The Hall–Kier alpha value is -1.86. The van der Waals surface area contributed by atoms with Crippen LogP contribution in [0.2, 0.25) is 5.28 Å². The molecule has 0 unspecified atom stereocenters. The van der Waals surface area contributed by atoms with Gasteiger partial charge in [0.2, 0.25) is 23.1 Å². The van der Waals surface area contributed by atoms with Crippen LogP contribution < -0.4 is 10.6 Å². The smallest absolute Gasteiger partial charge is 0.238 e. The van der Waals surface area contributed by atoms with Crippen molar-refractivity contribution in [2.75, 3.05) is 36.1 Å². The van der Waals surface area contributed by atoms with Gasteiger partial charge in [-0.05, 0) is 32.4 Å². The quantitative estimate of drug-likeness (QED) is 0.499. The first-order valence-corrected chi connectivity index (χ1v) is 8.76. The first kappa shape index (κ1) is 23.1. The number of nitrogens with one attached hydrogen (secondary N) is 2. The van der Waals surface area contributed by atoms with E-state index in [4.69, 9.17) is 23.2 Å². The zero-order valence-electron chi connectivity index (χ0n) is 14.9. The van der Waals surface area contributed by atoms with E-state index in [1.807, 2.05) is 20.8 Å². The molecule has 9 heteroatoms. The van der Waals surface area contributed by atoms with Crippen molar-refractivity contribution in [1.29, 1.82) is 0 Å². The second-order valence-electron chi connectivity index (χ2n) is 5.09. The minimum absolute atomic E-state index is 0.0156. The zero-order chi connectivity index (χ0) is 19.2. The number of carbonyl (C=O) groups is 1. The Morgan fingerprint density at radius 2 is 1.76 bits per heavy atom. The minimum Gasteiger partial charge on any atom is -0.354 e. The fourth-order valence-electron chi connectivity index (χ4n) is 1.58. The molecular formula is C16H26Cl2N6O. The fourth-order valence-corrected chi connectivity index (χ4v) is 1.91. The molecule has 140 valence electrons. The summed E-state index contributed by atoms with van der Waals surface area (Å²) < 4.78 is 0. The number of hydrogen-bond donors (Lipinski definition) is 2. The van der Waals surface area contributed by atoms with E-state index in [0.29, 0.717) is 25.0 Å². The topological polar surface area (TPSA) is 83.0 Å². The van der Waals surface area contributed by atoms with Gasteiger partial charge in [0, 0.05) is 25.7 Å². The van der Waals surface area contributed by atoms with Crippen molar-refractivity contribution in [2.45, 2.75) is 26.8 Å². The lowest BCUT2D eigenvalue weighted by molar-refractivity contribution is -0.127. The molecule has 1 aromatic heterocycles. The van der Waals surface area contributed by atoms with Gasteiger partial charge in [-0.3, -0.25) is 4.79 Å². The average molecular weight is 389 g/mol. The largest absolute Gasteiger partial charge is 0.354 e. The second kappa shape index (κ2) is 13.4. The highest BCUT2D eigenvalue weighted by Crippen LogP contribution is 2.09. The number of halogens is 2. The summed E-state index contributed by atoms with van der Waals surface area (Å²) in [5.74, 6) is 0.917. The highest BCUT2D eigenvalue weighted by Gasteiger charge is 2.07. The Bertz CT molecular complexity index is 543. The standard InChI is InChI=1S/C8H14ClN5.C8H12ClNO/c1-4-10-7-12-6(9)13-8(14-7)11-5(2)3;1-3-5-10(6-4-2)8(11)7-9/h5H,4H2,1-3H3,(H2,10,11,12,13,14);3-4H,1-2,5-7H2. The number of nitrogens with zero attached hydrogens (tertiary/aromatic N) is 4. The van der Waals surface area contributed by atoms with Crippen LogP contribution in [0.25, 0.3) is 0 Å². The van der Waals surface area contributed by atoms with E-state index in [2.05, 4.69) is 38.7 Å². The normalized spacial score (nSPS) is 9.68. The summed E-state index contributed by atoms with van der Waals surface area (Å²) in [4.78, 5) is 24.6. The Morgan fingerprint density at radius 3 is 2.20 bits per heavy atom. The molecule has 0 aliphatic heterocycles. The van der Waals surface area contributed by atoms with E-state index in [1.54, 1.807) is 17.1 Å². The van der Waals surface area contributed by atoms with Crippen molar-refractivity contribution in [3.8, 4) is 0 Å². The lowest BCUT2D eigenvalue weighted by Gasteiger charge is -2.17. The van der Waals surface area contributed by atoms with E-state index in [-0.39, 0.29) is 23.1 Å². The molecule has 0 saturated carbocycles. The van der Waals surface area contributed by atoms with Gasteiger partial charge in [0.25, 0.3) is 0 Å². The van der Waals surface area contributed by atoms with Crippen LogP contribution in [-0.4, -0.2) is 57.3 Å². The third-order valence-corrected chi connectivity index (χ3v) is 2.92. The number of rotatable bonds is 9. The van der Waals surface area contributed by atoms with Gasteiger partial charge in [-0.1, -0.05) is 12.2 Å². The van der Waals surface area contributed by atoms with Gasteiger partial charge < -0.3 is 15.5 Å². The Labute approximate surface area is 159 Å². The van der Waals surface area contributed by atoms with Crippen LogP contribution in [0.3, 0.4) is 0 Å². The van der Waals surface area contributed by atoms with Crippen LogP contribution in [0.5, 0.6) is 0 Å². The minimum atomic E-state index is -0.0912. The van der Waals surface area contributed by atoms with Crippen LogP contribution >= 0.6 is 23.2 Å². The molecule has 0 radical (unpaired) electrons. The molecule has 25 heavy (non-hydrogen) atoms. The number of carbonyl (C=O) groups excluding carboxylic acids is 1. The maximum Gasteiger partial charge on any atom is 0.238 e. The van der Waals surface area contributed by atoms with Crippen molar-refractivity contribution >= 4 is 41.0 Å². The predicted octanol–water partition coefficient (Wildman–Crippen LogP) is 3.20. The summed E-state index contributed by atoms with van der Waals surface area (Å²) in [5.41, 5.74) is 0. The van der Waals surface area contributed by atoms with Crippen LogP contribution in [0.4, 0.5) is 11.9 Å². The van der Waals surface area contributed by atoms with Gasteiger partial charge in [0.1, 0.15) is 5.88 Å². The molecule has 0 bridgehead atoms. The van der Waals surface area contributed by atoms with E-state index in [0.717, 1.165) is 6.54 Å². The molecule has 0 aliphatic rings. The number of anilines is 2. The summed E-state index contributed by atoms with van der Waals surface area (Å²) in [6.45, 7) is 14.8. The lowest BCUT2D eigenvalue weighted by Crippen LogP contribution is -2.32. The van der Waals surface area contributed by atoms with Crippen molar-refractivity contribution in [3.63, 3.8) is 0 Å². The van der Waals surface area contributed by atoms with E-state index < -0.39 is 0 Å². The van der Waals surface area contributed by atoms with Crippen LogP contribution in [-0.2, 0) is 4.79 Å². The van der Waals surface area contributed by atoms with Gasteiger partial charge in [0.05, 0.1) is 0 Å². The van der Waals surface area contributed by atoms with E-state index >= 15 is 0 Å². The van der Waals surface area contributed by atoms with Gasteiger partial charge in [0.15, 0.2) is 0 Å². The summed E-state index contributed by atoms with van der Waals surface area (Å²) in [7, 11) is 0. The first-order chi connectivity index (χ1) is 11.9. The highest BCUT2D eigenvalue weighted by atomic mass is 35.5. The molecule has 0 aromatic carbocycles. The van der Waals surface area contributed by atoms with Crippen molar-refractivity contribution in [3.05, 3.63) is 30.6 Å². The molecule has 0 fully saturated rings. The molecule has 1 rings (SSSR count). The molecule has 0 aliphatic carbocycles. The van der Waals surface area contributed by atoms with Crippen molar-refractivity contribution in [2.24, 2.45) is 0 Å². The predicted molar refractivity (Wildman–Crippen MR) is 105 cm³/mol. The van der Waals surface area contributed by atoms with E-state index in [9.17, 15) is 4.79 Å². The number of aromatic nitrogens is 3. The maximum atomic E-state index is 11.0. The van der Waals surface area contributed by atoms with Gasteiger partial charge in [-0.15, -0.1) is 24.8 Å². The molecule has 1 amide bonds. The van der Waals surface area contributed by atoms with Crippen molar-refractivity contribution in [1.82, 2.24) is 19.9 Å². The molecular weight excluding hydrogens is 363 g/mol. The molecule has 7 nitrogen and oxygen atoms in total. The molecule has 2 N–H and O–H groups in total. The Balaban J connectivity index is 0.000000477. The summed E-state index contributed by atoms with van der Waals surface area (Å²) in [6, 6.07) is 0.267. The molecule has 1 aromatic rings. The summed E-state index contributed by atoms with van der Waals surface area (Å²) >= 11 is 11.1. The zero-order valence-corrected chi connectivity index (χ0v) is 16.4. The molecule has 1 heterocycles. The van der Waals surface area contributed by atoms with Gasteiger partial charge in [-0.25, -0.2) is 0 Å². The summed E-state index contributed by atoms with van der Waals surface area (Å²) in [6.07, 6.45) is 3.32. The number of alkyl halides is 1. The Morgan fingerprint density at radius 1 is 1.20 bits per heavy atom. The maximum absolute atomic E-state index is 11.0. The van der Waals surface area contributed by atoms with Crippen molar-refractivity contribution < 1.29 is 4.79 Å². The Kier molecular flexibility index (Phi) is 12.4. The fraction of sp³-hybridized carbons (Fsp3) is 0.500. The third kappa shape index (κ3) is 10.6. The SMILES string of the molecule is C=CCN(CC=C)C(=O)CCl.CCNc1nc(Cl)nc(NC(C)C)n1. The van der Waals surface area contributed by atoms with Gasteiger partial charge >= 0.3 is 0 Å². The van der Waals surface area contributed by atoms with Crippen LogP contribution in [0.15, 0.2) is 25.3 Å². The second-order valence-corrected chi connectivity index (χ2v) is 5.70. The number of hydrogen-bond acceptors (Lipinski definition) is 6. The number of amides is 1. The summed E-state index contributed by atoms with van der Waals surface area (Å²) in [5, 5.41) is 6.23. The van der Waals surface area contributed by atoms with E-state index in [1.165, 1.54) is 0 Å². The van der Waals surface area contributed by atoms with Crippen LogP contribution in [0.1, 0.15) is 20.8 Å². The molecule has 0 saturated heterocycles. The third-order valence-electron chi connectivity index (χ3n) is 2.53. The first-order valence-electron chi connectivity index (χ1n) is 7.85. The lowest BCUT2D eigenvalue weighted by atomic mass is 10.4. The molecule has 0 spiro atoms. The van der Waals surface area contributed by atoms with Crippen LogP contribution in [0, 0.1) is 0 Å². The average Bonchev–Trinajstić information content (AvgIpc) is 2.53. The highest BCUT2D eigenvalue weighted by molar-refractivity contribution is 6.28. The van der Waals surface area contributed by atoms with Gasteiger partial charge in [-0.2, -0.15) is 15.0 Å². The molecule has 0 atom stereocenters.